The second-order valence-corrected chi connectivity index (χ2v) is 6.04. The van der Waals surface area contributed by atoms with Crippen LogP contribution in [0.15, 0.2) is 18.5 Å². The van der Waals surface area contributed by atoms with Gasteiger partial charge in [0.25, 0.3) is 0 Å². The number of carboxylic acid groups (broad SMARTS) is 1. The van der Waals surface area contributed by atoms with Crippen molar-refractivity contribution in [2.75, 3.05) is 23.9 Å². The first-order valence-corrected chi connectivity index (χ1v) is 7.25. The van der Waals surface area contributed by atoms with Gasteiger partial charge in [0.15, 0.2) is 0 Å². The molecule has 0 atom stereocenters. The molecule has 0 saturated carbocycles. The van der Waals surface area contributed by atoms with Crippen LogP contribution in [0.5, 0.6) is 0 Å². The van der Waals surface area contributed by atoms with Crippen molar-refractivity contribution in [3.05, 3.63) is 24.0 Å². The third-order valence-electron chi connectivity index (χ3n) is 2.00. The summed E-state index contributed by atoms with van der Waals surface area (Å²) >= 11 is 0. The van der Waals surface area contributed by atoms with Crippen molar-refractivity contribution < 1.29 is 23.1 Å². The Morgan fingerprint density at radius 1 is 1.37 bits per heavy atom. The van der Waals surface area contributed by atoms with Crippen LogP contribution in [0.2, 0.25) is 0 Å². The Balaban J connectivity index is 2.53. The number of anilines is 1. The number of sulfone groups is 1. The molecular weight excluding hydrogens is 274 g/mol. The molecule has 9 heteroatoms. The molecule has 104 valence electrons. The molecule has 2 amide bonds. The van der Waals surface area contributed by atoms with Crippen molar-refractivity contribution in [1.29, 1.82) is 0 Å². The van der Waals surface area contributed by atoms with Crippen LogP contribution < -0.4 is 10.6 Å². The Morgan fingerprint density at radius 2 is 2.05 bits per heavy atom. The summed E-state index contributed by atoms with van der Waals surface area (Å²) in [5.74, 6) is -1.33. The van der Waals surface area contributed by atoms with Gasteiger partial charge in [0.05, 0.1) is 23.2 Å². The lowest BCUT2D eigenvalue weighted by Gasteiger charge is -2.07. The highest BCUT2D eigenvalue weighted by Gasteiger charge is 2.07. The summed E-state index contributed by atoms with van der Waals surface area (Å²) in [7, 11) is -3.14. The number of aromatic carboxylic acids is 1. The molecule has 1 aromatic rings. The first kappa shape index (κ1) is 14.9. The van der Waals surface area contributed by atoms with Crippen LogP contribution >= 0.6 is 0 Å². The maximum Gasteiger partial charge on any atom is 0.337 e. The monoisotopic (exact) mass is 287 g/mol. The summed E-state index contributed by atoms with van der Waals surface area (Å²) in [6.07, 6.45) is 3.49. The highest BCUT2D eigenvalue weighted by Crippen LogP contribution is 2.07. The smallest absolute Gasteiger partial charge is 0.337 e. The van der Waals surface area contributed by atoms with Crippen LogP contribution in [0, 0.1) is 0 Å². The number of rotatable bonds is 5. The van der Waals surface area contributed by atoms with Crippen molar-refractivity contribution in [1.82, 2.24) is 10.3 Å². The Labute approximate surface area is 109 Å². The average Bonchev–Trinajstić information content (AvgIpc) is 2.27. The zero-order chi connectivity index (χ0) is 14.5. The number of carbonyl (C=O) groups is 2. The number of aromatic nitrogens is 1. The maximum absolute atomic E-state index is 11.4. The van der Waals surface area contributed by atoms with E-state index in [-0.39, 0.29) is 23.5 Å². The second-order valence-electron chi connectivity index (χ2n) is 3.78. The molecule has 3 N–H and O–H groups in total. The SMILES string of the molecule is CS(=O)(=O)CCNC(=O)Nc1cncc(C(=O)O)c1. The molecule has 8 nitrogen and oxygen atoms in total. The first-order chi connectivity index (χ1) is 8.78. The van der Waals surface area contributed by atoms with Crippen molar-refractivity contribution in [3.63, 3.8) is 0 Å². The lowest BCUT2D eigenvalue weighted by molar-refractivity contribution is 0.0696. The molecule has 0 aliphatic carbocycles. The number of nitrogens with one attached hydrogen (secondary N) is 2. The normalized spacial score (nSPS) is 10.8. The molecule has 1 aromatic heterocycles. The topological polar surface area (TPSA) is 125 Å². The fourth-order valence-electron chi connectivity index (χ4n) is 1.15. The number of hydrogen-bond donors (Lipinski definition) is 3. The quantitative estimate of drug-likeness (QED) is 0.697. The average molecular weight is 287 g/mol. The van der Waals surface area contributed by atoms with E-state index in [1.165, 1.54) is 12.3 Å². The lowest BCUT2D eigenvalue weighted by atomic mass is 10.3. The predicted octanol–water partition coefficient (Wildman–Crippen LogP) is -0.0541. The summed E-state index contributed by atoms with van der Waals surface area (Å²) in [5.41, 5.74) is 0.144. The molecular formula is C10H13N3O5S. The van der Waals surface area contributed by atoms with Gasteiger partial charge in [-0.2, -0.15) is 0 Å². The van der Waals surface area contributed by atoms with E-state index in [0.29, 0.717) is 0 Å². The summed E-state index contributed by atoms with van der Waals surface area (Å²) < 4.78 is 21.7. The Morgan fingerprint density at radius 3 is 2.63 bits per heavy atom. The summed E-state index contributed by atoms with van der Waals surface area (Å²) in [6, 6.07) is 0.610. The van der Waals surface area contributed by atoms with Crippen LogP contribution in [-0.4, -0.2) is 49.1 Å². The van der Waals surface area contributed by atoms with E-state index in [1.54, 1.807) is 0 Å². The van der Waals surface area contributed by atoms with Crippen LogP contribution in [0.3, 0.4) is 0 Å². The summed E-state index contributed by atoms with van der Waals surface area (Å²) in [6.45, 7) is -0.0310. The highest BCUT2D eigenvalue weighted by molar-refractivity contribution is 7.90. The number of carbonyl (C=O) groups excluding carboxylic acids is 1. The largest absolute Gasteiger partial charge is 0.478 e. The predicted molar refractivity (Wildman–Crippen MR) is 67.9 cm³/mol. The van der Waals surface area contributed by atoms with E-state index in [1.807, 2.05) is 0 Å². The maximum atomic E-state index is 11.4. The highest BCUT2D eigenvalue weighted by atomic mass is 32.2. The molecule has 1 heterocycles. The number of pyridine rings is 1. The van der Waals surface area contributed by atoms with Gasteiger partial charge in [-0.05, 0) is 6.07 Å². The van der Waals surface area contributed by atoms with E-state index in [4.69, 9.17) is 5.11 Å². The molecule has 0 spiro atoms. The fraction of sp³-hybridized carbons (Fsp3) is 0.300. The standard InChI is InChI=1S/C10H13N3O5S/c1-19(17,18)3-2-12-10(16)13-8-4-7(9(14)15)5-11-6-8/h4-6H,2-3H2,1H3,(H,14,15)(H2,12,13,16). The Bertz CT molecular complexity index is 585. The Hall–Kier alpha value is -2.16. The lowest BCUT2D eigenvalue weighted by Crippen LogP contribution is -2.32. The van der Waals surface area contributed by atoms with Gasteiger partial charge in [0, 0.05) is 19.0 Å². The second kappa shape index (κ2) is 6.14. The summed E-state index contributed by atoms with van der Waals surface area (Å²) in [5, 5.41) is 13.4. The van der Waals surface area contributed by atoms with Crippen molar-refractivity contribution in [3.8, 4) is 0 Å². The van der Waals surface area contributed by atoms with Gasteiger partial charge in [-0.1, -0.05) is 0 Å². The summed E-state index contributed by atoms with van der Waals surface area (Å²) in [4.78, 5) is 25.7. The van der Waals surface area contributed by atoms with Crippen LogP contribution in [0.1, 0.15) is 10.4 Å². The molecule has 0 bridgehead atoms. The number of amides is 2. The number of hydrogen-bond acceptors (Lipinski definition) is 5. The van der Waals surface area contributed by atoms with Gasteiger partial charge in [-0.25, -0.2) is 18.0 Å². The van der Waals surface area contributed by atoms with Gasteiger partial charge in [0.2, 0.25) is 0 Å². The number of carboxylic acids is 1. The van der Waals surface area contributed by atoms with Gasteiger partial charge >= 0.3 is 12.0 Å². The minimum atomic E-state index is -3.14. The van der Waals surface area contributed by atoms with Crippen LogP contribution in [-0.2, 0) is 9.84 Å². The molecule has 0 saturated heterocycles. The minimum absolute atomic E-state index is 0.0310. The van der Waals surface area contributed by atoms with Gasteiger partial charge < -0.3 is 15.7 Å². The van der Waals surface area contributed by atoms with Crippen molar-refractivity contribution >= 4 is 27.5 Å². The third-order valence-corrected chi connectivity index (χ3v) is 2.95. The molecule has 0 aliphatic heterocycles. The van der Waals surface area contributed by atoms with Gasteiger partial charge in [-0.3, -0.25) is 4.98 Å². The molecule has 1 rings (SSSR count). The molecule has 0 unspecified atom stereocenters. The number of urea groups is 1. The van der Waals surface area contributed by atoms with Crippen LogP contribution in [0.25, 0.3) is 0 Å². The van der Waals surface area contributed by atoms with Crippen molar-refractivity contribution in [2.45, 2.75) is 0 Å². The van der Waals surface area contributed by atoms with E-state index < -0.39 is 21.8 Å². The minimum Gasteiger partial charge on any atom is -0.478 e. The number of nitrogens with zero attached hydrogens (tertiary/aromatic N) is 1. The molecule has 0 radical (unpaired) electrons. The van der Waals surface area contributed by atoms with Crippen molar-refractivity contribution in [2.24, 2.45) is 0 Å². The Kier molecular flexibility index (Phi) is 4.81. The van der Waals surface area contributed by atoms with Gasteiger partial charge in [-0.15, -0.1) is 0 Å². The first-order valence-electron chi connectivity index (χ1n) is 5.19. The molecule has 0 aromatic carbocycles. The molecule has 19 heavy (non-hydrogen) atoms. The van der Waals surface area contributed by atoms with Gasteiger partial charge in [0.1, 0.15) is 9.84 Å². The molecule has 0 aliphatic rings. The zero-order valence-corrected chi connectivity index (χ0v) is 10.9. The van der Waals surface area contributed by atoms with E-state index in [9.17, 15) is 18.0 Å². The van der Waals surface area contributed by atoms with E-state index >= 15 is 0 Å². The fourth-order valence-corrected chi connectivity index (χ4v) is 1.62. The van der Waals surface area contributed by atoms with E-state index in [0.717, 1.165) is 12.5 Å². The van der Waals surface area contributed by atoms with E-state index in [2.05, 4.69) is 15.6 Å². The zero-order valence-electron chi connectivity index (χ0n) is 10.1. The van der Waals surface area contributed by atoms with Crippen LogP contribution in [0.4, 0.5) is 10.5 Å². The molecule has 0 fully saturated rings. The third kappa shape index (κ3) is 5.82.